The van der Waals surface area contributed by atoms with Crippen molar-refractivity contribution in [3.8, 4) is 0 Å². The molecule has 2 fully saturated rings. The lowest BCUT2D eigenvalue weighted by Gasteiger charge is -2.24. The molecule has 2 saturated heterocycles. The molecule has 1 N–H and O–H groups in total. The Bertz CT molecular complexity index is 244. The molecule has 0 aliphatic carbocycles. The number of methoxy groups -OCH3 is 1. The van der Waals surface area contributed by atoms with Gasteiger partial charge in [0.05, 0.1) is 7.11 Å². The van der Waals surface area contributed by atoms with Crippen LogP contribution in [-0.4, -0.2) is 49.7 Å². The van der Waals surface area contributed by atoms with E-state index in [1.807, 2.05) is 0 Å². The maximum atomic E-state index is 11.3. The summed E-state index contributed by atoms with van der Waals surface area (Å²) in [5.74, 6) is -0.114. The predicted octanol–water partition coefficient (Wildman–Crippen LogP) is -0.0143. The summed E-state index contributed by atoms with van der Waals surface area (Å²) in [6.45, 7) is 2.18. The van der Waals surface area contributed by atoms with E-state index in [1.54, 1.807) is 0 Å². The van der Waals surface area contributed by atoms with Crippen LogP contribution in [0.3, 0.4) is 0 Å². The number of esters is 1. The number of ether oxygens (including phenoxy) is 1. The van der Waals surface area contributed by atoms with Crippen LogP contribution in [0.5, 0.6) is 0 Å². The number of rotatable bonds is 1. The molecule has 4 nitrogen and oxygen atoms in total. The van der Waals surface area contributed by atoms with E-state index in [1.165, 1.54) is 7.11 Å². The highest BCUT2D eigenvalue weighted by atomic mass is 16.5. The van der Waals surface area contributed by atoms with E-state index in [-0.39, 0.29) is 17.6 Å². The first kappa shape index (κ1) is 9.93. The van der Waals surface area contributed by atoms with Crippen molar-refractivity contribution in [2.45, 2.75) is 30.8 Å². The van der Waals surface area contributed by atoms with Crippen molar-refractivity contribution in [3.63, 3.8) is 0 Å². The molecule has 0 amide bonds. The summed E-state index contributed by atoms with van der Waals surface area (Å²) >= 11 is 0. The third-order valence-electron chi connectivity index (χ3n) is 3.42. The Morgan fingerprint density at radius 3 is 2.93 bits per heavy atom. The molecule has 2 aliphatic heterocycles. The summed E-state index contributed by atoms with van der Waals surface area (Å²) in [5, 5.41) is 3.43. The summed E-state index contributed by atoms with van der Waals surface area (Å²) in [6, 6.07) is -0.0773. The Labute approximate surface area is 84.6 Å². The lowest BCUT2D eigenvalue weighted by atomic mass is 9.97. The highest BCUT2D eigenvalue weighted by molar-refractivity contribution is 5.76. The van der Waals surface area contributed by atoms with E-state index in [0.717, 1.165) is 32.4 Å². The van der Waals surface area contributed by atoms with Gasteiger partial charge < -0.3 is 9.64 Å². The van der Waals surface area contributed by atoms with Gasteiger partial charge in [0, 0.05) is 12.1 Å². The van der Waals surface area contributed by atoms with Crippen molar-refractivity contribution >= 4 is 5.97 Å². The quantitative estimate of drug-likeness (QED) is 0.602. The fourth-order valence-electron chi connectivity index (χ4n) is 2.66. The van der Waals surface area contributed by atoms with Crippen LogP contribution in [0.25, 0.3) is 0 Å². The van der Waals surface area contributed by atoms with Crippen molar-refractivity contribution in [1.29, 1.82) is 0 Å². The summed E-state index contributed by atoms with van der Waals surface area (Å²) in [4.78, 5) is 13.6. The summed E-state index contributed by atoms with van der Waals surface area (Å²) < 4.78 is 4.75. The molecule has 0 bridgehead atoms. The first-order chi connectivity index (χ1) is 6.65. The summed E-state index contributed by atoms with van der Waals surface area (Å²) in [5.41, 5.74) is 0.188. The second-order valence-corrected chi connectivity index (χ2v) is 4.53. The van der Waals surface area contributed by atoms with Crippen LogP contribution in [0.15, 0.2) is 0 Å². The van der Waals surface area contributed by atoms with Gasteiger partial charge in [-0.2, -0.15) is 0 Å². The van der Waals surface area contributed by atoms with E-state index in [2.05, 4.69) is 17.3 Å². The fourth-order valence-corrected chi connectivity index (χ4v) is 2.66. The number of likely N-dealkylation sites (tertiary alicyclic amines) is 1. The van der Waals surface area contributed by atoms with Gasteiger partial charge in [-0.1, -0.05) is 0 Å². The van der Waals surface area contributed by atoms with Gasteiger partial charge in [-0.15, -0.1) is 0 Å². The number of carbonyl (C=O) groups is 1. The molecule has 0 saturated carbocycles. The minimum atomic E-state index is -0.114. The smallest absolute Gasteiger partial charge is 0.322 e. The molecule has 4 heteroatoms. The average molecular weight is 198 g/mol. The number of likely N-dealkylation sites (N-methyl/N-ethyl adjacent to an activating group) is 1. The lowest BCUT2D eigenvalue weighted by Crippen LogP contribution is -2.47. The second-order valence-electron chi connectivity index (χ2n) is 4.53. The van der Waals surface area contributed by atoms with E-state index >= 15 is 0 Å². The van der Waals surface area contributed by atoms with Gasteiger partial charge in [-0.05, 0) is 32.9 Å². The van der Waals surface area contributed by atoms with Gasteiger partial charge in [0.15, 0.2) is 0 Å². The molecule has 0 aromatic rings. The van der Waals surface area contributed by atoms with E-state index in [9.17, 15) is 4.79 Å². The van der Waals surface area contributed by atoms with Gasteiger partial charge >= 0.3 is 5.97 Å². The van der Waals surface area contributed by atoms with Crippen LogP contribution in [-0.2, 0) is 9.53 Å². The third-order valence-corrected chi connectivity index (χ3v) is 3.42. The Kier molecular flexibility index (Phi) is 2.49. The number of hydrogen-bond donors (Lipinski definition) is 1. The van der Waals surface area contributed by atoms with E-state index < -0.39 is 0 Å². The molecular formula is C10H18N2O2. The van der Waals surface area contributed by atoms with Crippen LogP contribution >= 0.6 is 0 Å². The van der Waals surface area contributed by atoms with E-state index in [4.69, 9.17) is 4.74 Å². The molecule has 2 atom stereocenters. The number of nitrogens with zero attached hydrogens (tertiary/aromatic N) is 1. The Balaban J connectivity index is 1.97. The number of carbonyl (C=O) groups excluding carboxylic acids is 1. The lowest BCUT2D eigenvalue weighted by molar-refractivity contribution is -0.142. The van der Waals surface area contributed by atoms with Gasteiger partial charge in [-0.3, -0.25) is 10.1 Å². The highest BCUT2D eigenvalue weighted by Gasteiger charge is 2.44. The van der Waals surface area contributed by atoms with Crippen molar-refractivity contribution in [2.75, 3.05) is 27.2 Å². The molecule has 0 radical (unpaired) electrons. The Morgan fingerprint density at radius 2 is 2.36 bits per heavy atom. The van der Waals surface area contributed by atoms with Crippen molar-refractivity contribution in [1.82, 2.24) is 10.2 Å². The summed E-state index contributed by atoms with van der Waals surface area (Å²) in [7, 11) is 3.58. The van der Waals surface area contributed by atoms with Crippen LogP contribution < -0.4 is 5.32 Å². The maximum Gasteiger partial charge on any atom is 0.322 e. The molecule has 2 aliphatic rings. The van der Waals surface area contributed by atoms with Gasteiger partial charge in [0.25, 0.3) is 0 Å². The second kappa shape index (κ2) is 3.51. The van der Waals surface area contributed by atoms with Gasteiger partial charge in [-0.25, -0.2) is 0 Å². The largest absolute Gasteiger partial charge is 0.468 e. The van der Waals surface area contributed by atoms with Gasteiger partial charge in [0.2, 0.25) is 0 Å². The molecule has 2 rings (SSSR count). The van der Waals surface area contributed by atoms with Crippen LogP contribution in [0, 0.1) is 0 Å². The van der Waals surface area contributed by atoms with Crippen LogP contribution in [0.2, 0.25) is 0 Å². The number of nitrogens with one attached hydrogen (secondary N) is 1. The zero-order chi connectivity index (χ0) is 10.2. The Hall–Kier alpha value is -0.610. The average Bonchev–Trinajstić information content (AvgIpc) is 2.74. The minimum Gasteiger partial charge on any atom is -0.468 e. The first-order valence-corrected chi connectivity index (χ1v) is 5.19. The maximum absolute atomic E-state index is 11.3. The standard InChI is InChI=1S/C10H18N2O2/c1-12-6-5-10(7-12)4-3-8(11-10)9(13)14-2/h8,11H,3-7H2,1-2H3. The van der Waals surface area contributed by atoms with Crippen LogP contribution in [0.4, 0.5) is 0 Å². The molecule has 80 valence electrons. The molecular weight excluding hydrogens is 180 g/mol. The molecule has 0 aromatic carbocycles. The molecule has 2 heterocycles. The SMILES string of the molecule is COC(=O)C1CCC2(CCN(C)C2)N1. The Morgan fingerprint density at radius 1 is 1.57 bits per heavy atom. The van der Waals surface area contributed by atoms with Gasteiger partial charge in [0.1, 0.15) is 6.04 Å². The zero-order valence-corrected chi connectivity index (χ0v) is 8.88. The zero-order valence-electron chi connectivity index (χ0n) is 8.88. The topological polar surface area (TPSA) is 41.6 Å². The summed E-state index contributed by atoms with van der Waals surface area (Å²) in [6.07, 6.45) is 3.16. The normalized spacial score (nSPS) is 38.0. The monoisotopic (exact) mass is 198 g/mol. The third kappa shape index (κ3) is 1.64. The fraction of sp³-hybridized carbons (Fsp3) is 0.900. The molecule has 2 unspecified atom stereocenters. The van der Waals surface area contributed by atoms with E-state index in [0.29, 0.717) is 0 Å². The molecule has 14 heavy (non-hydrogen) atoms. The molecule has 0 aromatic heterocycles. The van der Waals surface area contributed by atoms with Crippen molar-refractivity contribution in [2.24, 2.45) is 0 Å². The van der Waals surface area contributed by atoms with Crippen LogP contribution in [0.1, 0.15) is 19.3 Å². The number of hydrogen-bond acceptors (Lipinski definition) is 4. The predicted molar refractivity (Wildman–Crippen MR) is 53.0 cm³/mol. The van der Waals surface area contributed by atoms with Crippen molar-refractivity contribution < 1.29 is 9.53 Å². The highest BCUT2D eigenvalue weighted by Crippen LogP contribution is 2.32. The minimum absolute atomic E-state index is 0.0773. The molecule has 1 spiro atoms. The van der Waals surface area contributed by atoms with Crippen molar-refractivity contribution in [3.05, 3.63) is 0 Å². The first-order valence-electron chi connectivity index (χ1n) is 5.19.